The molecule has 4 aromatic carbocycles. The van der Waals surface area contributed by atoms with Gasteiger partial charge >= 0.3 is 0 Å². The van der Waals surface area contributed by atoms with E-state index in [2.05, 4.69) is 54.9 Å². The predicted octanol–water partition coefficient (Wildman–Crippen LogP) is 8.35. The SMILES string of the molecule is CC(C)(C)c1cc(Br)cc(-c2ccc(Cl)cc2C(O)(c2ccccc2)c2ccccc2)c1. The normalized spacial score (nSPS) is 12.1. The van der Waals surface area contributed by atoms with Gasteiger partial charge in [-0.15, -0.1) is 0 Å². The first-order chi connectivity index (χ1) is 15.2. The summed E-state index contributed by atoms with van der Waals surface area (Å²) in [4.78, 5) is 0. The standard InChI is InChI=1S/C29H26BrClO/c1-28(2,3)23-16-20(17-24(30)18-23)26-15-14-25(31)19-27(26)29(32,21-10-6-4-7-11-21)22-12-8-5-9-13-22/h4-19,32H,1-3H3. The van der Waals surface area contributed by atoms with Gasteiger partial charge in [0.1, 0.15) is 5.60 Å². The maximum atomic E-state index is 12.4. The lowest BCUT2D eigenvalue weighted by molar-refractivity contribution is 0.126. The third kappa shape index (κ3) is 4.41. The van der Waals surface area contributed by atoms with Crippen LogP contribution in [0.2, 0.25) is 5.02 Å². The Labute approximate surface area is 203 Å². The molecule has 0 unspecified atom stereocenters. The molecule has 0 fully saturated rings. The molecule has 0 aliphatic rings. The van der Waals surface area contributed by atoms with Crippen molar-refractivity contribution in [3.8, 4) is 11.1 Å². The molecule has 0 aromatic heterocycles. The van der Waals surface area contributed by atoms with E-state index in [4.69, 9.17) is 11.6 Å². The zero-order valence-corrected chi connectivity index (χ0v) is 20.8. The van der Waals surface area contributed by atoms with Crippen molar-refractivity contribution in [3.63, 3.8) is 0 Å². The fourth-order valence-electron chi connectivity index (χ4n) is 4.08. The van der Waals surface area contributed by atoms with E-state index in [9.17, 15) is 5.11 Å². The van der Waals surface area contributed by atoms with Gasteiger partial charge in [0.25, 0.3) is 0 Å². The second-order valence-electron chi connectivity index (χ2n) is 9.11. The summed E-state index contributed by atoms with van der Waals surface area (Å²) in [6.07, 6.45) is 0. The molecule has 32 heavy (non-hydrogen) atoms. The van der Waals surface area contributed by atoms with Crippen molar-refractivity contribution in [2.24, 2.45) is 0 Å². The van der Waals surface area contributed by atoms with Gasteiger partial charge in [0.2, 0.25) is 0 Å². The number of hydrogen-bond donors (Lipinski definition) is 1. The molecule has 4 aromatic rings. The Balaban J connectivity index is 2.04. The van der Waals surface area contributed by atoms with Crippen LogP contribution in [0, 0.1) is 0 Å². The van der Waals surface area contributed by atoms with Crippen LogP contribution in [0.3, 0.4) is 0 Å². The van der Waals surface area contributed by atoms with Gasteiger partial charge in [-0.25, -0.2) is 0 Å². The van der Waals surface area contributed by atoms with Gasteiger partial charge in [-0.05, 0) is 57.5 Å². The number of hydrogen-bond acceptors (Lipinski definition) is 1. The van der Waals surface area contributed by atoms with Crippen LogP contribution in [0.4, 0.5) is 0 Å². The molecule has 0 aliphatic carbocycles. The molecule has 0 radical (unpaired) electrons. The second kappa shape index (κ2) is 8.86. The van der Waals surface area contributed by atoms with Crippen LogP contribution in [0.25, 0.3) is 11.1 Å². The van der Waals surface area contributed by atoms with Crippen molar-refractivity contribution in [2.75, 3.05) is 0 Å². The topological polar surface area (TPSA) is 20.2 Å². The Morgan fingerprint density at radius 3 is 1.78 bits per heavy atom. The Kier molecular flexibility index (Phi) is 6.31. The average molecular weight is 506 g/mol. The van der Waals surface area contributed by atoms with Crippen molar-refractivity contribution in [1.82, 2.24) is 0 Å². The van der Waals surface area contributed by atoms with Crippen molar-refractivity contribution < 1.29 is 5.11 Å². The molecule has 162 valence electrons. The molecule has 0 saturated heterocycles. The molecular formula is C29H26BrClO. The molecule has 0 saturated carbocycles. The lowest BCUT2D eigenvalue weighted by atomic mass is 9.76. The minimum Gasteiger partial charge on any atom is -0.376 e. The molecule has 1 N–H and O–H groups in total. The Morgan fingerprint density at radius 2 is 1.25 bits per heavy atom. The summed E-state index contributed by atoms with van der Waals surface area (Å²) in [6.45, 7) is 6.60. The van der Waals surface area contributed by atoms with Crippen LogP contribution in [0.5, 0.6) is 0 Å². The molecule has 0 amide bonds. The summed E-state index contributed by atoms with van der Waals surface area (Å²) in [6, 6.07) is 31.8. The van der Waals surface area contributed by atoms with Gasteiger partial charge in [-0.2, -0.15) is 0 Å². The first-order valence-electron chi connectivity index (χ1n) is 10.6. The zero-order valence-electron chi connectivity index (χ0n) is 18.4. The highest BCUT2D eigenvalue weighted by atomic mass is 79.9. The highest BCUT2D eigenvalue weighted by Crippen LogP contribution is 2.43. The number of aliphatic hydroxyl groups is 1. The van der Waals surface area contributed by atoms with Crippen LogP contribution < -0.4 is 0 Å². The second-order valence-corrected chi connectivity index (χ2v) is 10.5. The first kappa shape index (κ1) is 22.8. The summed E-state index contributed by atoms with van der Waals surface area (Å²) in [7, 11) is 0. The van der Waals surface area contributed by atoms with E-state index in [1.54, 1.807) is 0 Å². The minimum atomic E-state index is -1.37. The van der Waals surface area contributed by atoms with Crippen molar-refractivity contribution in [3.05, 3.63) is 129 Å². The van der Waals surface area contributed by atoms with Crippen molar-refractivity contribution in [1.29, 1.82) is 0 Å². The lowest BCUT2D eigenvalue weighted by Crippen LogP contribution is -2.29. The molecule has 0 heterocycles. The highest BCUT2D eigenvalue weighted by molar-refractivity contribution is 9.10. The summed E-state index contributed by atoms with van der Waals surface area (Å²) in [5, 5.41) is 13.0. The highest BCUT2D eigenvalue weighted by Gasteiger charge is 2.36. The maximum absolute atomic E-state index is 12.4. The average Bonchev–Trinajstić information content (AvgIpc) is 2.78. The van der Waals surface area contributed by atoms with E-state index in [0.29, 0.717) is 5.02 Å². The van der Waals surface area contributed by atoms with Gasteiger partial charge in [-0.1, -0.05) is 121 Å². The number of halogens is 2. The third-order valence-corrected chi connectivity index (χ3v) is 6.52. The maximum Gasteiger partial charge on any atom is 0.141 e. The van der Waals surface area contributed by atoms with E-state index >= 15 is 0 Å². The molecule has 0 spiro atoms. The number of rotatable bonds is 4. The van der Waals surface area contributed by atoms with Gasteiger partial charge < -0.3 is 5.11 Å². The zero-order chi connectivity index (χ0) is 22.9. The van der Waals surface area contributed by atoms with E-state index in [0.717, 1.165) is 32.3 Å². The molecule has 4 rings (SSSR count). The van der Waals surface area contributed by atoms with Crippen LogP contribution in [0.15, 0.2) is 102 Å². The van der Waals surface area contributed by atoms with Gasteiger partial charge in [0.15, 0.2) is 0 Å². The van der Waals surface area contributed by atoms with Gasteiger partial charge in [0.05, 0.1) is 0 Å². The van der Waals surface area contributed by atoms with Gasteiger partial charge in [0, 0.05) is 15.1 Å². The quantitative estimate of drug-likeness (QED) is 0.276. The van der Waals surface area contributed by atoms with E-state index in [-0.39, 0.29) is 5.41 Å². The predicted molar refractivity (Wildman–Crippen MR) is 138 cm³/mol. The van der Waals surface area contributed by atoms with Crippen LogP contribution in [-0.2, 0) is 11.0 Å². The third-order valence-electron chi connectivity index (χ3n) is 5.83. The first-order valence-corrected chi connectivity index (χ1v) is 11.8. The number of benzene rings is 4. The van der Waals surface area contributed by atoms with Crippen molar-refractivity contribution >= 4 is 27.5 Å². The van der Waals surface area contributed by atoms with Crippen LogP contribution in [-0.4, -0.2) is 5.11 Å². The molecule has 3 heteroatoms. The summed E-state index contributed by atoms with van der Waals surface area (Å²) >= 11 is 10.2. The van der Waals surface area contributed by atoms with Gasteiger partial charge in [-0.3, -0.25) is 0 Å². The van der Waals surface area contributed by atoms with Crippen molar-refractivity contribution in [2.45, 2.75) is 31.8 Å². The van der Waals surface area contributed by atoms with E-state index in [1.807, 2.05) is 78.9 Å². The molecule has 0 bridgehead atoms. The summed E-state index contributed by atoms with van der Waals surface area (Å²) < 4.78 is 1.00. The van der Waals surface area contributed by atoms with E-state index < -0.39 is 5.60 Å². The lowest BCUT2D eigenvalue weighted by Gasteiger charge is -2.32. The van der Waals surface area contributed by atoms with Crippen LogP contribution in [0.1, 0.15) is 43.0 Å². The molecule has 0 aliphatic heterocycles. The Hall–Kier alpha value is -2.39. The molecule has 1 nitrogen and oxygen atoms in total. The van der Waals surface area contributed by atoms with Crippen LogP contribution >= 0.6 is 27.5 Å². The Bertz CT molecular complexity index is 1190. The fraction of sp³-hybridized carbons (Fsp3) is 0.172. The largest absolute Gasteiger partial charge is 0.376 e. The summed E-state index contributed by atoms with van der Waals surface area (Å²) in [5.41, 5.74) is 4.14. The monoisotopic (exact) mass is 504 g/mol. The minimum absolute atomic E-state index is 0.0136. The Morgan fingerprint density at radius 1 is 0.688 bits per heavy atom. The molecule has 0 atom stereocenters. The summed E-state index contributed by atoms with van der Waals surface area (Å²) in [5.74, 6) is 0. The molecular weight excluding hydrogens is 480 g/mol. The van der Waals surface area contributed by atoms with E-state index in [1.165, 1.54) is 5.56 Å². The smallest absolute Gasteiger partial charge is 0.141 e. The fourth-order valence-corrected chi connectivity index (χ4v) is 4.75.